The van der Waals surface area contributed by atoms with E-state index in [0.717, 1.165) is 6.54 Å². The molecule has 0 amide bonds. The zero-order chi connectivity index (χ0) is 13.7. The highest BCUT2D eigenvalue weighted by atomic mass is 16.4. The molecule has 0 radical (unpaired) electrons. The van der Waals surface area contributed by atoms with E-state index in [0.29, 0.717) is 24.4 Å². The number of carboxylic acid groups (broad SMARTS) is 1. The maximum absolute atomic E-state index is 11.1. The Morgan fingerprint density at radius 1 is 1.22 bits per heavy atom. The molecule has 0 bridgehead atoms. The fourth-order valence-electron chi connectivity index (χ4n) is 3.08. The van der Waals surface area contributed by atoms with Crippen LogP contribution in [0.4, 0.5) is 0 Å². The van der Waals surface area contributed by atoms with Gasteiger partial charge in [-0.15, -0.1) is 0 Å². The Morgan fingerprint density at radius 3 is 2.33 bits per heavy atom. The highest BCUT2D eigenvalue weighted by molar-refractivity contribution is 5.69. The number of carboxylic acids is 1. The summed E-state index contributed by atoms with van der Waals surface area (Å²) in [5, 5.41) is 9.10. The van der Waals surface area contributed by atoms with E-state index in [9.17, 15) is 4.79 Å². The van der Waals surface area contributed by atoms with Crippen LogP contribution in [0, 0.1) is 17.8 Å². The van der Waals surface area contributed by atoms with E-state index in [1.807, 2.05) is 6.92 Å². The number of rotatable bonds is 6. The molecule has 0 aromatic heterocycles. The van der Waals surface area contributed by atoms with Crippen LogP contribution >= 0.6 is 0 Å². The molecule has 3 atom stereocenters. The third kappa shape index (κ3) is 4.60. The van der Waals surface area contributed by atoms with E-state index in [1.165, 1.54) is 25.7 Å². The molecule has 0 heterocycles. The molecule has 1 saturated carbocycles. The Hall–Kier alpha value is -0.570. The molecule has 0 aliphatic heterocycles. The Balaban J connectivity index is 2.66. The molecular formula is C15H29NO2. The second-order valence-corrected chi connectivity index (χ2v) is 6.42. The highest BCUT2D eigenvalue weighted by Gasteiger charge is 2.29. The summed E-state index contributed by atoms with van der Waals surface area (Å²) in [6.45, 7) is 10.3. The Bertz CT molecular complexity index is 265. The Kier molecular flexibility index (Phi) is 6.13. The van der Waals surface area contributed by atoms with Crippen LogP contribution in [0.1, 0.15) is 53.4 Å². The topological polar surface area (TPSA) is 40.5 Å². The van der Waals surface area contributed by atoms with Gasteiger partial charge < -0.3 is 5.11 Å². The third-order valence-electron chi connectivity index (χ3n) is 4.06. The predicted octanol–water partition coefficient (Wildman–Crippen LogP) is 3.24. The van der Waals surface area contributed by atoms with E-state index < -0.39 is 5.97 Å². The quantitative estimate of drug-likeness (QED) is 0.792. The third-order valence-corrected chi connectivity index (χ3v) is 4.06. The maximum Gasteiger partial charge on any atom is 0.307 e. The smallest absolute Gasteiger partial charge is 0.307 e. The summed E-state index contributed by atoms with van der Waals surface area (Å²) >= 11 is 0. The fraction of sp³-hybridized carbons (Fsp3) is 0.933. The number of hydrogen-bond acceptors (Lipinski definition) is 2. The van der Waals surface area contributed by atoms with Gasteiger partial charge >= 0.3 is 5.97 Å². The Morgan fingerprint density at radius 2 is 1.83 bits per heavy atom. The largest absolute Gasteiger partial charge is 0.481 e. The van der Waals surface area contributed by atoms with Crippen LogP contribution in [0.3, 0.4) is 0 Å². The lowest BCUT2D eigenvalue weighted by Crippen LogP contribution is -2.46. The minimum Gasteiger partial charge on any atom is -0.481 e. The summed E-state index contributed by atoms with van der Waals surface area (Å²) in [5.74, 6) is 0.365. The molecular weight excluding hydrogens is 226 g/mol. The minimum absolute atomic E-state index is 0.266. The van der Waals surface area contributed by atoms with Crippen molar-refractivity contribution in [3.63, 3.8) is 0 Å². The maximum atomic E-state index is 11.1. The van der Waals surface area contributed by atoms with Gasteiger partial charge in [-0.25, -0.2) is 0 Å². The summed E-state index contributed by atoms with van der Waals surface area (Å²) in [4.78, 5) is 13.5. The van der Waals surface area contributed by atoms with Gasteiger partial charge in [-0.3, -0.25) is 9.69 Å². The van der Waals surface area contributed by atoms with Gasteiger partial charge in [0.05, 0.1) is 5.92 Å². The normalized spacial score (nSPS) is 26.6. The highest BCUT2D eigenvalue weighted by Crippen LogP contribution is 2.29. The van der Waals surface area contributed by atoms with Crippen molar-refractivity contribution in [2.75, 3.05) is 13.1 Å². The number of nitrogens with zero attached hydrogens (tertiary/aromatic N) is 1. The molecule has 1 N–H and O–H groups in total. The number of aliphatic carboxylic acids is 1. The van der Waals surface area contributed by atoms with Crippen molar-refractivity contribution in [3.05, 3.63) is 0 Å². The van der Waals surface area contributed by atoms with E-state index >= 15 is 0 Å². The van der Waals surface area contributed by atoms with Gasteiger partial charge in [-0.2, -0.15) is 0 Å². The van der Waals surface area contributed by atoms with E-state index in [1.54, 1.807) is 0 Å². The average Bonchev–Trinajstić information content (AvgIpc) is 2.28. The summed E-state index contributed by atoms with van der Waals surface area (Å²) in [7, 11) is 0. The van der Waals surface area contributed by atoms with Crippen LogP contribution in [0.25, 0.3) is 0 Å². The molecule has 0 aromatic carbocycles. The fourth-order valence-corrected chi connectivity index (χ4v) is 3.08. The van der Waals surface area contributed by atoms with Crippen molar-refractivity contribution >= 4 is 5.97 Å². The summed E-state index contributed by atoms with van der Waals surface area (Å²) < 4.78 is 0. The second kappa shape index (κ2) is 7.13. The van der Waals surface area contributed by atoms with E-state index in [2.05, 4.69) is 25.7 Å². The standard InChI is InChI=1S/C15H29NO2/c1-11(2)9-16(10-13(4)15(17)18)14-8-6-5-7-12(14)3/h11-14H,5-10H2,1-4H3,(H,17,18). The van der Waals surface area contributed by atoms with E-state index in [-0.39, 0.29) is 5.92 Å². The van der Waals surface area contributed by atoms with Crippen molar-refractivity contribution in [2.45, 2.75) is 59.4 Å². The first-order valence-corrected chi connectivity index (χ1v) is 7.38. The van der Waals surface area contributed by atoms with Gasteiger partial charge in [0.25, 0.3) is 0 Å². The molecule has 1 aliphatic rings. The van der Waals surface area contributed by atoms with Crippen LogP contribution in [0.2, 0.25) is 0 Å². The van der Waals surface area contributed by atoms with Gasteiger partial charge in [0.2, 0.25) is 0 Å². The molecule has 3 nitrogen and oxygen atoms in total. The summed E-state index contributed by atoms with van der Waals surface area (Å²) in [5.41, 5.74) is 0. The minimum atomic E-state index is -0.674. The molecule has 3 unspecified atom stereocenters. The average molecular weight is 255 g/mol. The van der Waals surface area contributed by atoms with Crippen molar-refractivity contribution in [3.8, 4) is 0 Å². The lowest BCUT2D eigenvalue weighted by molar-refractivity contribution is -0.142. The summed E-state index contributed by atoms with van der Waals surface area (Å²) in [6, 6.07) is 0.586. The molecule has 0 aromatic rings. The van der Waals surface area contributed by atoms with Crippen LogP contribution < -0.4 is 0 Å². The number of hydrogen-bond donors (Lipinski definition) is 1. The summed E-state index contributed by atoms with van der Waals surface area (Å²) in [6.07, 6.45) is 5.16. The van der Waals surface area contributed by atoms with Gasteiger partial charge in [-0.05, 0) is 24.7 Å². The van der Waals surface area contributed by atoms with Crippen LogP contribution in [-0.4, -0.2) is 35.1 Å². The number of carbonyl (C=O) groups is 1. The molecule has 3 heteroatoms. The Labute approximate surface area is 112 Å². The molecule has 1 rings (SSSR count). The van der Waals surface area contributed by atoms with E-state index in [4.69, 9.17) is 5.11 Å². The SMILES string of the molecule is CC(C)CN(CC(C)C(=O)O)C1CCCCC1C. The van der Waals surface area contributed by atoms with Crippen molar-refractivity contribution in [2.24, 2.45) is 17.8 Å². The molecule has 1 fully saturated rings. The van der Waals surface area contributed by atoms with Crippen LogP contribution in [-0.2, 0) is 4.79 Å². The molecule has 0 saturated heterocycles. The predicted molar refractivity (Wildman–Crippen MR) is 74.6 cm³/mol. The molecule has 18 heavy (non-hydrogen) atoms. The molecule has 0 spiro atoms. The molecule has 1 aliphatic carbocycles. The van der Waals surface area contributed by atoms with Crippen molar-refractivity contribution in [1.29, 1.82) is 0 Å². The van der Waals surface area contributed by atoms with Gasteiger partial charge in [0.15, 0.2) is 0 Å². The van der Waals surface area contributed by atoms with Crippen LogP contribution in [0.15, 0.2) is 0 Å². The first kappa shape index (κ1) is 15.5. The first-order chi connectivity index (χ1) is 8.41. The van der Waals surface area contributed by atoms with Gasteiger partial charge in [0.1, 0.15) is 0 Å². The monoisotopic (exact) mass is 255 g/mol. The van der Waals surface area contributed by atoms with Gasteiger partial charge in [0, 0.05) is 19.1 Å². The lowest BCUT2D eigenvalue weighted by Gasteiger charge is -2.40. The van der Waals surface area contributed by atoms with Crippen molar-refractivity contribution in [1.82, 2.24) is 4.90 Å². The lowest BCUT2D eigenvalue weighted by atomic mass is 9.84. The zero-order valence-corrected chi connectivity index (χ0v) is 12.4. The second-order valence-electron chi connectivity index (χ2n) is 6.42. The van der Waals surface area contributed by atoms with Crippen molar-refractivity contribution < 1.29 is 9.90 Å². The zero-order valence-electron chi connectivity index (χ0n) is 12.4. The van der Waals surface area contributed by atoms with Gasteiger partial charge in [-0.1, -0.05) is 40.5 Å². The van der Waals surface area contributed by atoms with Crippen LogP contribution in [0.5, 0.6) is 0 Å². The molecule has 106 valence electrons. The first-order valence-electron chi connectivity index (χ1n) is 7.38.